The number of halogens is 1. The van der Waals surface area contributed by atoms with E-state index >= 15 is 0 Å². The van der Waals surface area contributed by atoms with E-state index in [0.717, 1.165) is 28.4 Å². The van der Waals surface area contributed by atoms with Gasteiger partial charge in [-0.05, 0) is 36.2 Å². The summed E-state index contributed by atoms with van der Waals surface area (Å²) in [5, 5.41) is 4.10. The number of hydrogen-bond donors (Lipinski definition) is 1. The average molecular weight is 231 g/mol. The van der Waals surface area contributed by atoms with E-state index < -0.39 is 0 Å². The molecule has 0 spiro atoms. The number of hydrogen-bond acceptors (Lipinski definition) is 1. The van der Waals surface area contributed by atoms with E-state index in [0.29, 0.717) is 0 Å². The molecule has 2 aromatic carbocycles. The maximum absolute atomic E-state index is 5.92. The lowest BCUT2D eigenvalue weighted by molar-refractivity contribution is 1.15. The van der Waals surface area contributed by atoms with Crippen molar-refractivity contribution in [1.82, 2.24) is 0 Å². The molecule has 2 aromatic rings. The molecule has 1 N–H and O–H groups in total. The molecule has 0 fully saturated rings. The van der Waals surface area contributed by atoms with Gasteiger partial charge in [0.15, 0.2) is 0 Å². The molecule has 16 heavy (non-hydrogen) atoms. The van der Waals surface area contributed by atoms with E-state index in [4.69, 9.17) is 11.6 Å². The number of para-hydroxylation sites is 1. The summed E-state index contributed by atoms with van der Waals surface area (Å²) >= 11 is 5.92. The van der Waals surface area contributed by atoms with Crippen LogP contribution >= 0.6 is 11.6 Å². The SMILES string of the molecule is [CH2]c1ccccc1NCc1cccc(Cl)c1. The minimum atomic E-state index is 0.757. The average Bonchev–Trinajstić information content (AvgIpc) is 2.28. The van der Waals surface area contributed by atoms with Crippen molar-refractivity contribution < 1.29 is 0 Å². The highest BCUT2D eigenvalue weighted by Gasteiger charge is 1.97. The predicted molar refractivity (Wildman–Crippen MR) is 69.7 cm³/mol. The van der Waals surface area contributed by atoms with E-state index in [1.807, 2.05) is 48.5 Å². The van der Waals surface area contributed by atoms with Crippen molar-refractivity contribution in [2.75, 3.05) is 5.32 Å². The van der Waals surface area contributed by atoms with Gasteiger partial charge in [-0.3, -0.25) is 0 Å². The lowest BCUT2D eigenvalue weighted by atomic mass is 10.2. The molecule has 1 radical (unpaired) electrons. The maximum Gasteiger partial charge on any atom is 0.0409 e. The Morgan fingerprint density at radius 2 is 1.88 bits per heavy atom. The molecular weight excluding hydrogens is 218 g/mol. The van der Waals surface area contributed by atoms with Crippen LogP contribution in [0.15, 0.2) is 48.5 Å². The molecule has 0 aliphatic heterocycles. The summed E-state index contributed by atoms with van der Waals surface area (Å²) in [6.07, 6.45) is 0. The summed E-state index contributed by atoms with van der Waals surface area (Å²) in [6, 6.07) is 15.8. The first-order chi connectivity index (χ1) is 7.75. The van der Waals surface area contributed by atoms with Gasteiger partial charge in [0.1, 0.15) is 0 Å². The van der Waals surface area contributed by atoms with Crippen molar-refractivity contribution in [3.8, 4) is 0 Å². The number of nitrogens with one attached hydrogen (secondary N) is 1. The van der Waals surface area contributed by atoms with Crippen molar-refractivity contribution in [2.45, 2.75) is 6.54 Å². The topological polar surface area (TPSA) is 12.0 Å². The van der Waals surface area contributed by atoms with E-state index in [1.54, 1.807) is 0 Å². The summed E-state index contributed by atoms with van der Waals surface area (Å²) in [4.78, 5) is 0. The molecule has 0 aliphatic carbocycles. The lowest BCUT2D eigenvalue weighted by Gasteiger charge is -2.09. The molecule has 0 amide bonds. The third kappa shape index (κ3) is 2.77. The Labute approximate surface area is 101 Å². The Kier molecular flexibility index (Phi) is 3.47. The fraction of sp³-hybridized carbons (Fsp3) is 0.0714. The van der Waals surface area contributed by atoms with Gasteiger partial charge < -0.3 is 5.32 Å². The van der Waals surface area contributed by atoms with E-state index in [2.05, 4.69) is 12.2 Å². The van der Waals surface area contributed by atoms with Crippen LogP contribution in [-0.4, -0.2) is 0 Å². The van der Waals surface area contributed by atoms with Gasteiger partial charge in [0.2, 0.25) is 0 Å². The quantitative estimate of drug-likeness (QED) is 0.836. The zero-order chi connectivity index (χ0) is 11.4. The highest BCUT2D eigenvalue weighted by atomic mass is 35.5. The van der Waals surface area contributed by atoms with Gasteiger partial charge in [0.25, 0.3) is 0 Å². The van der Waals surface area contributed by atoms with Gasteiger partial charge in [-0.1, -0.05) is 41.9 Å². The normalized spacial score (nSPS) is 10.1. The van der Waals surface area contributed by atoms with Crippen LogP contribution in [0.2, 0.25) is 5.02 Å². The summed E-state index contributed by atoms with van der Waals surface area (Å²) in [6.45, 7) is 4.72. The lowest BCUT2D eigenvalue weighted by Crippen LogP contribution is -2.00. The Bertz CT molecular complexity index is 480. The predicted octanol–water partition coefficient (Wildman–Crippen LogP) is 4.13. The van der Waals surface area contributed by atoms with Crippen molar-refractivity contribution in [3.05, 3.63) is 71.6 Å². The minimum Gasteiger partial charge on any atom is -0.381 e. The van der Waals surface area contributed by atoms with Gasteiger partial charge >= 0.3 is 0 Å². The van der Waals surface area contributed by atoms with Gasteiger partial charge in [0.05, 0.1) is 0 Å². The third-order valence-electron chi connectivity index (χ3n) is 2.39. The number of rotatable bonds is 3. The molecule has 0 saturated carbocycles. The van der Waals surface area contributed by atoms with Gasteiger partial charge in [-0.15, -0.1) is 0 Å². The van der Waals surface area contributed by atoms with E-state index in [-0.39, 0.29) is 0 Å². The molecular formula is C14H13ClN. The Morgan fingerprint density at radius 3 is 2.62 bits per heavy atom. The van der Waals surface area contributed by atoms with Crippen LogP contribution in [0.1, 0.15) is 11.1 Å². The van der Waals surface area contributed by atoms with Crippen LogP contribution < -0.4 is 5.32 Å². The molecule has 0 atom stereocenters. The molecule has 0 saturated heterocycles. The molecule has 0 aromatic heterocycles. The molecule has 0 heterocycles. The van der Waals surface area contributed by atoms with E-state index in [9.17, 15) is 0 Å². The van der Waals surface area contributed by atoms with Crippen LogP contribution in [-0.2, 0) is 6.54 Å². The first kappa shape index (κ1) is 11.0. The Morgan fingerprint density at radius 1 is 1.06 bits per heavy atom. The Balaban J connectivity index is 2.05. The van der Waals surface area contributed by atoms with E-state index in [1.165, 1.54) is 0 Å². The molecule has 2 rings (SSSR count). The standard InChI is InChI=1S/C14H13ClN/c1-11-5-2-3-8-14(11)16-10-12-6-4-7-13(15)9-12/h2-9,16H,1,10H2. The summed E-state index contributed by atoms with van der Waals surface area (Å²) in [5.41, 5.74) is 3.22. The summed E-state index contributed by atoms with van der Waals surface area (Å²) < 4.78 is 0. The molecule has 2 heteroatoms. The second-order valence-corrected chi connectivity index (χ2v) is 4.08. The summed E-state index contributed by atoms with van der Waals surface area (Å²) in [7, 11) is 0. The second kappa shape index (κ2) is 5.04. The largest absolute Gasteiger partial charge is 0.381 e. The van der Waals surface area contributed by atoms with Crippen molar-refractivity contribution >= 4 is 17.3 Å². The number of anilines is 1. The third-order valence-corrected chi connectivity index (χ3v) is 2.62. The van der Waals surface area contributed by atoms with Crippen LogP contribution in [0, 0.1) is 6.92 Å². The summed E-state index contributed by atoms with van der Waals surface area (Å²) in [5.74, 6) is 0. The van der Waals surface area contributed by atoms with Crippen LogP contribution in [0.3, 0.4) is 0 Å². The van der Waals surface area contributed by atoms with Gasteiger partial charge in [-0.2, -0.15) is 0 Å². The zero-order valence-electron chi connectivity index (χ0n) is 8.91. The fourth-order valence-corrected chi connectivity index (χ4v) is 1.75. The van der Waals surface area contributed by atoms with Crippen molar-refractivity contribution in [3.63, 3.8) is 0 Å². The van der Waals surface area contributed by atoms with Gasteiger partial charge in [0, 0.05) is 17.3 Å². The smallest absolute Gasteiger partial charge is 0.0409 e. The first-order valence-electron chi connectivity index (χ1n) is 5.15. The molecule has 1 nitrogen and oxygen atoms in total. The molecule has 0 unspecified atom stereocenters. The van der Waals surface area contributed by atoms with Gasteiger partial charge in [-0.25, -0.2) is 0 Å². The highest BCUT2D eigenvalue weighted by molar-refractivity contribution is 6.30. The minimum absolute atomic E-state index is 0.757. The highest BCUT2D eigenvalue weighted by Crippen LogP contribution is 2.16. The van der Waals surface area contributed by atoms with Crippen LogP contribution in [0.5, 0.6) is 0 Å². The maximum atomic E-state index is 5.92. The second-order valence-electron chi connectivity index (χ2n) is 3.64. The monoisotopic (exact) mass is 230 g/mol. The van der Waals surface area contributed by atoms with Crippen LogP contribution in [0.4, 0.5) is 5.69 Å². The van der Waals surface area contributed by atoms with Crippen LogP contribution in [0.25, 0.3) is 0 Å². The first-order valence-corrected chi connectivity index (χ1v) is 5.53. The molecule has 0 aliphatic rings. The van der Waals surface area contributed by atoms with Crippen molar-refractivity contribution in [2.24, 2.45) is 0 Å². The number of benzene rings is 2. The zero-order valence-corrected chi connectivity index (χ0v) is 9.67. The van der Waals surface area contributed by atoms with Crippen molar-refractivity contribution in [1.29, 1.82) is 0 Å². The molecule has 0 bridgehead atoms. The fourth-order valence-electron chi connectivity index (χ4n) is 1.54. The Hall–Kier alpha value is -1.47. The molecule has 81 valence electrons.